The number of hydrogen-bond acceptors (Lipinski definition) is 3. The fraction of sp³-hybridized carbons (Fsp3) is 0.263. The smallest absolute Gasteiger partial charge is 0.261 e. The van der Waals surface area contributed by atoms with Crippen LogP contribution in [0.1, 0.15) is 35.3 Å². The van der Waals surface area contributed by atoms with E-state index in [0.717, 1.165) is 21.3 Å². The van der Waals surface area contributed by atoms with Crippen molar-refractivity contribution < 1.29 is 9.53 Å². The second-order valence-corrected chi connectivity index (χ2v) is 7.31. The van der Waals surface area contributed by atoms with Gasteiger partial charge in [-0.15, -0.1) is 0 Å². The summed E-state index contributed by atoms with van der Waals surface area (Å²) in [6.07, 6.45) is -0.0348. The normalized spacial score (nSPS) is 10.5. The molecule has 2 rings (SSSR count). The van der Waals surface area contributed by atoms with Gasteiger partial charge >= 0.3 is 0 Å². The van der Waals surface area contributed by atoms with Crippen molar-refractivity contribution in [1.29, 1.82) is 0 Å². The van der Waals surface area contributed by atoms with Gasteiger partial charge in [-0.25, -0.2) is 0 Å². The number of halogens is 1. The third-order valence-corrected chi connectivity index (χ3v) is 4.19. The number of thiocarbonyl (C=S) groups is 1. The third-order valence-electron chi connectivity index (χ3n) is 3.50. The van der Waals surface area contributed by atoms with E-state index in [1.807, 2.05) is 52.0 Å². The number of benzene rings is 2. The van der Waals surface area contributed by atoms with Crippen LogP contribution in [-0.4, -0.2) is 17.1 Å². The number of anilines is 1. The number of carbonyl (C=O) groups excluding carboxylic acids is 1. The molecule has 0 aliphatic carbocycles. The molecular weight excluding hydrogens is 400 g/mol. The molecule has 0 fully saturated rings. The van der Waals surface area contributed by atoms with Gasteiger partial charge < -0.3 is 10.1 Å². The molecule has 0 unspecified atom stereocenters. The highest BCUT2D eigenvalue weighted by molar-refractivity contribution is 9.10. The predicted molar refractivity (Wildman–Crippen MR) is 110 cm³/mol. The number of carbonyl (C=O) groups is 1. The van der Waals surface area contributed by atoms with E-state index in [1.54, 1.807) is 12.1 Å². The highest BCUT2D eigenvalue weighted by Crippen LogP contribution is 2.24. The molecule has 4 nitrogen and oxygen atoms in total. The molecule has 0 atom stereocenters. The summed E-state index contributed by atoms with van der Waals surface area (Å²) in [7, 11) is 0. The monoisotopic (exact) mass is 420 g/mol. The molecule has 6 heteroatoms. The van der Waals surface area contributed by atoms with E-state index in [9.17, 15) is 4.79 Å². The Labute approximate surface area is 162 Å². The summed E-state index contributed by atoms with van der Waals surface area (Å²) in [5.74, 6) is 0.200. The molecule has 25 heavy (non-hydrogen) atoms. The zero-order valence-corrected chi connectivity index (χ0v) is 17.0. The fourth-order valence-corrected chi connectivity index (χ4v) is 2.92. The highest BCUT2D eigenvalue weighted by atomic mass is 79.9. The quantitative estimate of drug-likeness (QED) is 0.684. The molecule has 1 amide bonds. The summed E-state index contributed by atoms with van der Waals surface area (Å²) >= 11 is 8.69. The maximum atomic E-state index is 12.6. The van der Waals surface area contributed by atoms with Crippen LogP contribution in [0.3, 0.4) is 0 Å². The van der Waals surface area contributed by atoms with Gasteiger partial charge in [0.15, 0.2) is 5.11 Å². The molecule has 0 aromatic heterocycles. The summed E-state index contributed by atoms with van der Waals surface area (Å²) in [4.78, 5) is 12.6. The Morgan fingerprint density at radius 2 is 1.80 bits per heavy atom. The first-order valence-corrected chi connectivity index (χ1v) is 9.13. The number of hydrogen-bond donors (Lipinski definition) is 2. The van der Waals surface area contributed by atoms with Crippen LogP contribution in [0.25, 0.3) is 0 Å². The molecule has 2 aromatic carbocycles. The maximum absolute atomic E-state index is 12.6. The van der Waals surface area contributed by atoms with E-state index in [2.05, 4.69) is 26.6 Å². The van der Waals surface area contributed by atoms with Crippen LogP contribution in [0.2, 0.25) is 0 Å². The molecule has 0 saturated heterocycles. The van der Waals surface area contributed by atoms with Gasteiger partial charge in [0.25, 0.3) is 5.91 Å². The molecule has 0 heterocycles. The van der Waals surface area contributed by atoms with E-state index >= 15 is 0 Å². The van der Waals surface area contributed by atoms with Crippen molar-refractivity contribution in [3.05, 3.63) is 57.6 Å². The molecule has 132 valence electrons. The van der Waals surface area contributed by atoms with E-state index in [1.165, 1.54) is 0 Å². The van der Waals surface area contributed by atoms with Gasteiger partial charge in [0, 0.05) is 10.2 Å². The van der Waals surface area contributed by atoms with Crippen molar-refractivity contribution in [1.82, 2.24) is 5.32 Å². The first kappa shape index (κ1) is 19.4. The number of para-hydroxylation sites is 1. The SMILES string of the molecule is Cc1cccc(C)c1NC(=S)NC(=O)c1cc(Br)ccc1OC(C)C. The number of ether oxygens (including phenoxy) is 1. The van der Waals surface area contributed by atoms with Gasteiger partial charge in [-0.3, -0.25) is 10.1 Å². The molecule has 0 aliphatic rings. The summed E-state index contributed by atoms with van der Waals surface area (Å²) in [5.41, 5.74) is 3.44. The summed E-state index contributed by atoms with van der Waals surface area (Å²) in [6.45, 7) is 7.80. The van der Waals surface area contributed by atoms with Crippen LogP contribution in [0.4, 0.5) is 5.69 Å². The lowest BCUT2D eigenvalue weighted by atomic mass is 10.1. The minimum atomic E-state index is -0.319. The highest BCUT2D eigenvalue weighted by Gasteiger charge is 2.16. The zero-order valence-electron chi connectivity index (χ0n) is 14.6. The van der Waals surface area contributed by atoms with Crippen LogP contribution < -0.4 is 15.4 Å². The van der Waals surface area contributed by atoms with Gasteiger partial charge in [-0.1, -0.05) is 34.1 Å². The number of aryl methyl sites for hydroxylation is 2. The van der Waals surface area contributed by atoms with Crippen LogP contribution in [-0.2, 0) is 0 Å². The largest absolute Gasteiger partial charge is 0.490 e. The Morgan fingerprint density at radius 1 is 1.16 bits per heavy atom. The van der Waals surface area contributed by atoms with E-state index in [4.69, 9.17) is 17.0 Å². The molecule has 2 aromatic rings. The van der Waals surface area contributed by atoms with Crippen molar-refractivity contribution in [2.24, 2.45) is 0 Å². The van der Waals surface area contributed by atoms with Gasteiger partial charge in [-0.05, 0) is 69.2 Å². The van der Waals surface area contributed by atoms with Gasteiger partial charge in [-0.2, -0.15) is 0 Å². The van der Waals surface area contributed by atoms with Crippen molar-refractivity contribution in [2.75, 3.05) is 5.32 Å². The molecule has 0 spiro atoms. The topological polar surface area (TPSA) is 50.4 Å². The molecule has 0 bridgehead atoms. The maximum Gasteiger partial charge on any atom is 0.261 e. The number of nitrogens with one attached hydrogen (secondary N) is 2. The van der Waals surface area contributed by atoms with Crippen LogP contribution in [0.5, 0.6) is 5.75 Å². The van der Waals surface area contributed by atoms with Crippen molar-refractivity contribution in [2.45, 2.75) is 33.8 Å². The zero-order chi connectivity index (χ0) is 18.6. The lowest BCUT2D eigenvalue weighted by molar-refractivity contribution is 0.0972. The predicted octanol–water partition coefficient (Wildman–Crippen LogP) is 4.98. The minimum absolute atomic E-state index is 0.0348. The fourth-order valence-electron chi connectivity index (χ4n) is 2.36. The average molecular weight is 421 g/mol. The van der Waals surface area contributed by atoms with Crippen LogP contribution in [0.15, 0.2) is 40.9 Å². The minimum Gasteiger partial charge on any atom is -0.490 e. The lowest BCUT2D eigenvalue weighted by Crippen LogP contribution is -2.34. The number of rotatable bonds is 4. The lowest BCUT2D eigenvalue weighted by Gasteiger charge is -2.16. The second kappa shape index (κ2) is 8.45. The third kappa shape index (κ3) is 5.28. The Bertz CT molecular complexity index is 786. The van der Waals surface area contributed by atoms with Gasteiger partial charge in [0.2, 0.25) is 0 Å². The second-order valence-electron chi connectivity index (χ2n) is 5.98. The van der Waals surface area contributed by atoms with Gasteiger partial charge in [0.05, 0.1) is 11.7 Å². The Balaban J connectivity index is 2.16. The molecule has 0 aliphatic heterocycles. The summed E-state index contributed by atoms with van der Waals surface area (Å²) in [6, 6.07) is 11.3. The van der Waals surface area contributed by atoms with Crippen LogP contribution >= 0.6 is 28.1 Å². The standard InChI is InChI=1S/C19H21BrN2O2S/c1-11(2)24-16-9-8-14(20)10-15(16)18(23)22-19(25)21-17-12(3)6-5-7-13(17)4/h5-11H,1-4H3,(H2,21,22,23,25). The van der Waals surface area contributed by atoms with Crippen molar-refractivity contribution in [3.63, 3.8) is 0 Å². The van der Waals surface area contributed by atoms with E-state index in [-0.39, 0.29) is 17.1 Å². The Hall–Kier alpha value is -1.92. The summed E-state index contributed by atoms with van der Waals surface area (Å²) in [5, 5.41) is 6.07. The van der Waals surface area contributed by atoms with Crippen molar-refractivity contribution in [3.8, 4) is 5.75 Å². The average Bonchev–Trinajstić information content (AvgIpc) is 2.52. The summed E-state index contributed by atoms with van der Waals surface area (Å²) < 4.78 is 6.51. The molecular formula is C19H21BrN2O2S. The Kier molecular flexibility index (Phi) is 6.56. The van der Waals surface area contributed by atoms with E-state index in [0.29, 0.717) is 11.3 Å². The van der Waals surface area contributed by atoms with Gasteiger partial charge in [0.1, 0.15) is 5.75 Å². The van der Waals surface area contributed by atoms with Crippen LogP contribution in [0, 0.1) is 13.8 Å². The first-order chi connectivity index (χ1) is 11.8. The molecule has 2 N–H and O–H groups in total. The number of amides is 1. The van der Waals surface area contributed by atoms with E-state index < -0.39 is 0 Å². The Morgan fingerprint density at radius 3 is 2.40 bits per heavy atom. The first-order valence-electron chi connectivity index (χ1n) is 7.92. The molecule has 0 radical (unpaired) electrons. The molecule has 0 saturated carbocycles. The van der Waals surface area contributed by atoms with Crippen molar-refractivity contribution >= 4 is 44.9 Å².